The Morgan fingerprint density at radius 3 is 2.82 bits per heavy atom. The number of methoxy groups -OCH3 is 1. The summed E-state index contributed by atoms with van der Waals surface area (Å²) in [6.45, 7) is 7.24. The number of nitrogens with zero attached hydrogens (tertiary/aromatic N) is 3. The molecule has 1 unspecified atom stereocenters. The maximum atomic E-state index is 12.0. The topological polar surface area (TPSA) is 96.8 Å². The lowest BCUT2D eigenvalue weighted by Gasteiger charge is -2.22. The van der Waals surface area contributed by atoms with Crippen molar-refractivity contribution in [2.75, 3.05) is 26.7 Å². The lowest BCUT2D eigenvalue weighted by atomic mass is 10.1. The minimum atomic E-state index is -0.625. The number of ether oxygens (including phenoxy) is 2. The largest absolute Gasteiger partial charge is 0.481 e. The quantitative estimate of drug-likeness (QED) is 0.805. The maximum absolute atomic E-state index is 12.0. The fourth-order valence-corrected chi connectivity index (χ4v) is 3.30. The highest BCUT2D eigenvalue weighted by molar-refractivity contribution is 5.78. The van der Waals surface area contributed by atoms with Crippen LogP contribution < -0.4 is 10.1 Å². The zero-order chi connectivity index (χ0) is 20.3. The normalized spacial score (nSPS) is 20.3. The van der Waals surface area contributed by atoms with Crippen LogP contribution in [0.4, 0.5) is 4.79 Å². The van der Waals surface area contributed by atoms with Gasteiger partial charge in [0.25, 0.3) is 0 Å². The van der Waals surface area contributed by atoms with E-state index in [9.17, 15) is 9.90 Å². The second-order valence-electron chi connectivity index (χ2n) is 8.02. The van der Waals surface area contributed by atoms with Gasteiger partial charge in [-0.2, -0.15) is 0 Å². The molecule has 2 N–H and O–H groups in total. The highest BCUT2D eigenvalue weighted by Crippen LogP contribution is 2.20. The number of hydrogen-bond donors (Lipinski definition) is 2. The third-order valence-electron chi connectivity index (χ3n) is 4.62. The van der Waals surface area contributed by atoms with Crippen molar-refractivity contribution in [3.8, 4) is 5.88 Å². The lowest BCUT2D eigenvalue weighted by Crippen LogP contribution is -2.45. The first-order valence-electron chi connectivity index (χ1n) is 9.44. The standard InChI is InChI=1S/C20H28N4O4/c1-20(2,3)28-19(26)22-15-11-24(12-16(15)25)10-8-13-7-9-21-14-5-6-17(27-4)23-18(13)14/h5-7,9,15-16,25H,8,10-12H2,1-4H3,(H,22,26)/t15?,16-/m1/s1. The van der Waals surface area contributed by atoms with E-state index >= 15 is 0 Å². The highest BCUT2D eigenvalue weighted by Gasteiger charge is 2.33. The summed E-state index contributed by atoms with van der Waals surface area (Å²) in [5.74, 6) is 0.556. The summed E-state index contributed by atoms with van der Waals surface area (Å²) in [5, 5.41) is 13.1. The van der Waals surface area contributed by atoms with E-state index in [4.69, 9.17) is 9.47 Å². The third kappa shape index (κ3) is 5.08. The van der Waals surface area contributed by atoms with Crippen molar-refractivity contribution in [2.45, 2.75) is 44.9 Å². The lowest BCUT2D eigenvalue weighted by molar-refractivity contribution is 0.0461. The van der Waals surface area contributed by atoms with Gasteiger partial charge in [0.05, 0.1) is 30.3 Å². The van der Waals surface area contributed by atoms with Crippen molar-refractivity contribution in [3.05, 3.63) is 30.0 Å². The first kappa shape index (κ1) is 20.3. The molecule has 0 bridgehead atoms. The second kappa shape index (κ2) is 8.28. The molecule has 2 atom stereocenters. The van der Waals surface area contributed by atoms with Gasteiger partial charge >= 0.3 is 6.09 Å². The number of alkyl carbamates (subject to hydrolysis) is 1. The van der Waals surface area contributed by atoms with Crippen molar-refractivity contribution >= 4 is 17.1 Å². The van der Waals surface area contributed by atoms with E-state index in [0.717, 1.165) is 29.6 Å². The van der Waals surface area contributed by atoms with Crippen LogP contribution in [0.15, 0.2) is 24.4 Å². The number of pyridine rings is 2. The molecule has 3 heterocycles. The molecule has 8 nitrogen and oxygen atoms in total. The summed E-state index contributed by atoms with van der Waals surface area (Å²) in [4.78, 5) is 23.0. The van der Waals surface area contributed by atoms with Gasteiger partial charge in [-0.3, -0.25) is 9.88 Å². The predicted molar refractivity (Wildman–Crippen MR) is 105 cm³/mol. The number of fused-ring (bicyclic) bond motifs is 1. The van der Waals surface area contributed by atoms with Crippen LogP contribution in [0, 0.1) is 0 Å². The molecule has 0 saturated carbocycles. The van der Waals surface area contributed by atoms with Gasteiger partial charge in [-0.05, 0) is 44.9 Å². The van der Waals surface area contributed by atoms with Crippen LogP contribution in [0.25, 0.3) is 11.0 Å². The molecule has 8 heteroatoms. The Kier molecular flexibility index (Phi) is 6.00. The molecule has 0 radical (unpaired) electrons. The van der Waals surface area contributed by atoms with Crippen molar-refractivity contribution in [1.29, 1.82) is 0 Å². The molecule has 152 valence electrons. The fraction of sp³-hybridized carbons (Fsp3) is 0.550. The molecular formula is C20H28N4O4. The second-order valence-corrected chi connectivity index (χ2v) is 8.02. The van der Waals surface area contributed by atoms with Gasteiger partial charge in [0.15, 0.2) is 0 Å². The molecule has 0 aromatic carbocycles. The molecule has 3 rings (SSSR count). The average molecular weight is 388 g/mol. The molecule has 2 aromatic rings. The van der Waals surface area contributed by atoms with Gasteiger partial charge in [0.2, 0.25) is 5.88 Å². The summed E-state index contributed by atoms with van der Waals surface area (Å²) in [6.07, 6.45) is 1.40. The van der Waals surface area contributed by atoms with Gasteiger partial charge in [-0.15, -0.1) is 0 Å². The molecule has 1 saturated heterocycles. The Labute approximate surface area is 164 Å². The highest BCUT2D eigenvalue weighted by atomic mass is 16.6. The number of aliphatic hydroxyl groups is 1. The number of likely N-dealkylation sites (tertiary alicyclic amines) is 1. The monoisotopic (exact) mass is 388 g/mol. The minimum absolute atomic E-state index is 0.345. The van der Waals surface area contributed by atoms with Crippen molar-refractivity contribution in [1.82, 2.24) is 20.2 Å². The third-order valence-corrected chi connectivity index (χ3v) is 4.62. The SMILES string of the molecule is COc1ccc2nccc(CCN3CC(NC(=O)OC(C)(C)C)[C@H](O)C3)c2n1. The molecule has 1 aliphatic rings. The van der Waals surface area contributed by atoms with E-state index in [1.807, 2.05) is 32.9 Å². The number of carbonyl (C=O) groups is 1. The number of aromatic nitrogens is 2. The maximum Gasteiger partial charge on any atom is 0.408 e. The van der Waals surface area contributed by atoms with Crippen LogP contribution in [0.5, 0.6) is 5.88 Å². The zero-order valence-electron chi connectivity index (χ0n) is 16.8. The molecule has 1 fully saturated rings. The van der Waals surface area contributed by atoms with Crippen LogP contribution in [-0.4, -0.2) is 70.6 Å². The fourth-order valence-electron chi connectivity index (χ4n) is 3.30. The van der Waals surface area contributed by atoms with Gasteiger partial charge in [-0.1, -0.05) is 0 Å². The average Bonchev–Trinajstić information content (AvgIpc) is 2.97. The van der Waals surface area contributed by atoms with E-state index in [2.05, 4.69) is 20.2 Å². The summed E-state index contributed by atoms with van der Waals surface area (Å²) in [6, 6.07) is 5.30. The Balaban J connectivity index is 1.60. The van der Waals surface area contributed by atoms with Crippen LogP contribution >= 0.6 is 0 Å². The minimum Gasteiger partial charge on any atom is -0.481 e. The predicted octanol–water partition coefficient (Wildman–Crippen LogP) is 1.75. The summed E-state index contributed by atoms with van der Waals surface area (Å²) < 4.78 is 10.5. The van der Waals surface area contributed by atoms with Crippen LogP contribution in [0.3, 0.4) is 0 Å². The number of nitrogens with one attached hydrogen (secondary N) is 1. The summed E-state index contributed by atoms with van der Waals surface area (Å²) in [7, 11) is 1.59. The van der Waals surface area contributed by atoms with Crippen molar-refractivity contribution in [2.24, 2.45) is 0 Å². The Bertz CT molecular complexity index is 837. The van der Waals surface area contributed by atoms with Crippen molar-refractivity contribution in [3.63, 3.8) is 0 Å². The summed E-state index contributed by atoms with van der Waals surface area (Å²) in [5.41, 5.74) is 2.15. The number of rotatable bonds is 5. The van der Waals surface area contributed by atoms with Crippen molar-refractivity contribution < 1.29 is 19.4 Å². The molecule has 28 heavy (non-hydrogen) atoms. The molecule has 1 aliphatic heterocycles. The number of aliphatic hydroxyl groups excluding tert-OH is 1. The van der Waals surface area contributed by atoms with Gasteiger partial charge in [0.1, 0.15) is 5.60 Å². The van der Waals surface area contributed by atoms with Crippen LogP contribution in [-0.2, 0) is 11.2 Å². The first-order valence-corrected chi connectivity index (χ1v) is 9.44. The molecule has 2 aromatic heterocycles. The Morgan fingerprint density at radius 1 is 1.32 bits per heavy atom. The smallest absolute Gasteiger partial charge is 0.408 e. The van der Waals surface area contributed by atoms with E-state index in [-0.39, 0.29) is 6.04 Å². The number of amides is 1. The van der Waals surface area contributed by atoms with Gasteiger partial charge in [0, 0.05) is 31.9 Å². The first-order chi connectivity index (χ1) is 13.2. The Hall–Kier alpha value is -2.45. The summed E-state index contributed by atoms with van der Waals surface area (Å²) >= 11 is 0. The Morgan fingerprint density at radius 2 is 2.11 bits per heavy atom. The number of β-amino-alcohol motifs (C(OH)–C–C–N with tert-alkyl or cyclic N) is 1. The number of carbonyl (C=O) groups excluding carboxylic acids is 1. The molecule has 0 aliphatic carbocycles. The molecule has 0 spiro atoms. The van der Waals surface area contributed by atoms with E-state index < -0.39 is 17.8 Å². The van der Waals surface area contributed by atoms with Crippen LogP contribution in [0.2, 0.25) is 0 Å². The van der Waals surface area contributed by atoms with Gasteiger partial charge < -0.3 is 19.9 Å². The zero-order valence-corrected chi connectivity index (χ0v) is 16.8. The van der Waals surface area contributed by atoms with Gasteiger partial charge in [-0.25, -0.2) is 9.78 Å². The number of hydrogen-bond acceptors (Lipinski definition) is 7. The molecular weight excluding hydrogens is 360 g/mol. The van der Waals surface area contributed by atoms with E-state index in [0.29, 0.717) is 19.0 Å². The van der Waals surface area contributed by atoms with Crippen LogP contribution in [0.1, 0.15) is 26.3 Å². The van der Waals surface area contributed by atoms with E-state index in [1.165, 1.54) is 0 Å². The van der Waals surface area contributed by atoms with E-state index in [1.54, 1.807) is 19.4 Å². The molecule has 1 amide bonds.